The largest absolute Gasteiger partial charge is 0.312 e. The summed E-state index contributed by atoms with van der Waals surface area (Å²) in [7, 11) is -2.98. The molecule has 5 heteroatoms. The van der Waals surface area contributed by atoms with Gasteiger partial charge in [-0.05, 0) is 40.0 Å². The topological polar surface area (TPSA) is 49.4 Å². The first-order chi connectivity index (χ1) is 8.29. The molecule has 2 rings (SSSR count). The quantitative estimate of drug-likeness (QED) is 0.813. The molecule has 1 saturated carbocycles. The van der Waals surface area contributed by atoms with Gasteiger partial charge in [-0.1, -0.05) is 0 Å². The smallest absolute Gasteiger partial charge is 0.156 e. The van der Waals surface area contributed by atoms with Gasteiger partial charge in [0.1, 0.15) is 0 Å². The van der Waals surface area contributed by atoms with E-state index in [1.807, 2.05) is 0 Å². The van der Waals surface area contributed by atoms with E-state index in [4.69, 9.17) is 0 Å². The zero-order valence-corrected chi connectivity index (χ0v) is 12.6. The van der Waals surface area contributed by atoms with Crippen molar-refractivity contribution in [2.45, 2.75) is 56.9 Å². The SMILES string of the molecule is CC(C)(C)S(=O)(=O)CCNC1CCN(C2CC2)C1. The van der Waals surface area contributed by atoms with Crippen molar-refractivity contribution in [3.8, 4) is 0 Å². The highest BCUT2D eigenvalue weighted by molar-refractivity contribution is 7.92. The third-order valence-corrected chi connectivity index (χ3v) is 6.63. The highest BCUT2D eigenvalue weighted by atomic mass is 32.2. The Morgan fingerprint density at radius 2 is 1.89 bits per heavy atom. The third kappa shape index (κ3) is 3.45. The highest BCUT2D eigenvalue weighted by Crippen LogP contribution is 2.29. The van der Waals surface area contributed by atoms with Crippen LogP contribution in [0.5, 0.6) is 0 Å². The van der Waals surface area contributed by atoms with Gasteiger partial charge in [0, 0.05) is 31.7 Å². The summed E-state index contributed by atoms with van der Waals surface area (Å²) in [6.45, 7) is 8.17. The summed E-state index contributed by atoms with van der Waals surface area (Å²) in [6.07, 6.45) is 3.86. The molecular weight excluding hydrogens is 248 g/mol. The Bertz CT molecular complexity index is 382. The van der Waals surface area contributed by atoms with Crippen LogP contribution in [0.25, 0.3) is 0 Å². The molecule has 0 radical (unpaired) electrons. The van der Waals surface area contributed by atoms with Gasteiger partial charge in [0.05, 0.1) is 10.5 Å². The van der Waals surface area contributed by atoms with Crippen LogP contribution < -0.4 is 5.32 Å². The van der Waals surface area contributed by atoms with Crippen molar-refractivity contribution in [1.29, 1.82) is 0 Å². The predicted octanol–water partition coefficient (Wildman–Crippen LogP) is 1.03. The van der Waals surface area contributed by atoms with Crippen LogP contribution in [0.2, 0.25) is 0 Å². The van der Waals surface area contributed by atoms with Gasteiger partial charge in [-0.25, -0.2) is 8.42 Å². The van der Waals surface area contributed by atoms with Crippen molar-refractivity contribution in [3.63, 3.8) is 0 Å². The molecule has 1 N–H and O–H groups in total. The van der Waals surface area contributed by atoms with E-state index in [1.165, 1.54) is 19.4 Å². The fraction of sp³-hybridized carbons (Fsp3) is 1.00. The number of hydrogen-bond acceptors (Lipinski definition) is 4. The molecule has 1 unspecified atom stereocenters. The van der Waals surface area contributed by atoms with Gasteiger partial charge in [-0.2, -0.15) is 0 Å². The summed E-state index contributed by atoms with van der Waals surface area (Å²) < 4.78 is 23.3. The van der Waals surface area contributed by atoms with Crippen molar-refractivity contribution in [1.82, 2.24) is 10.2 Å². The summed E-state index contributed by atoms with van der Waals surface area (Å²) in [5.41, 5.74) is 0. The minimum absolute atomic E-state index is 0.246. The molecule has 4 nitrogen and oxygen atoms in total. The summed E-state index contributed by atoms with van der Waals surface area (Å²) in [6, 6.07) is 1.32. The van der Waals surface area contributed by atoms with Crippen molar-refractivity contribution < 1.29 is 8.42 Å². The highest BCUT2D eigenvalue weighted by Gasteiger charge is 2.34. The fourth-order valence-corrected chi connectivity index (χ4v) is 3.43. The summed E-state index contributed by atoms with van der Waals surface area (Å²) in [4.78, 5) is 2.54. The molecule has 1 saturated heterocycles. The van der Waals surface area contributed by atoms with Crippen molar-refractivity contribution in [3.05, 3.63) is 0 Å². The van der Waals surface area contributed by atoms with Crippen LogP contribution in [-0.4, -0.2) is 55.5 Å². The Hall–Kier alpha value is -0.130. The lowest BCUT2D eigenvalue weighted by Gasteiger charge is -2.20. The van der Waals surface area contributed by atoms with E-state index in [0.29, 0.717) is 12.6 Å². The number of nitrogens with one attached hydrogen (secondary N) is 1. The van der Waals surface area contributed by atoms with Gasteiger partial charge in [-0.15, -0.1) is 0 Å². The number of sulfone groups is 1. The summed E-state index contributed by atoms with van der Waals surface area (Å²) in [5.74, 6) is 0.246. The van der Waals surface area contributed by atoms with E-state index in [0.717, 1.165) is 19.0 Å². The molecule has 1 atom stereocenters. The molecule has 0 amide bonds. The van der Waals surface area contributed by atoms with Crippen LogP contribution >= 0.6 is 0 Å². The Labute approximate surface area is 111 Å². The number of rotatable bonds is 5. The third-order valence-electron chi connectivity index (χ3n) is 4.02. The van der Waals surface area contributed by atoms with Crippen LogP contribution in [-0.2, 0) is 9.84 Å². The molecule has 106 valence electrons. The molecule has 0 aromatic rings. The van der Waals surface area contributed by atoms with Crippen molar-refractivity contribution in [2.24, 2.45) is 0 Å². The predicted molar refractivity (Wildman–Crippen MR) is 74.5 cm³/mol. The average Bonchev–Trinajstić information content (AvgIpc) is 2.98. The van der Waals surface area contributed by atoms with Crippen LogP contribution in [0.3, 0.4) is 0 Å². The van der Waals surface area contributed by atoms with Gasteiger partial charge in [0.15, 0.2) is 9.84 Å². The van der Waals surface area contributed by atoms with E-state index in [2.05, 4.69) is 10.2 Å². The average molecular weight is 274 g/mol. The Morgan fingerprint density at radius 3 is 2.44 bits per heavy atom. The lowest BCUT2D eigenvalue weighted by molar-refractivity contribution is 0.318. The zero-order valence-electron chi connectivity index (χ0n) is 11.8. The second kappa shape index (κ2) is 5.10. The molecule has 0 aromatic carbocycles. The van der Waals surface area contributed by atoms with E-state index < -0.39 is 14.6 Å². The van der Waals surface area contributed by atoms with Gasteiger partial charge < -0.3 is 5.32 Å². The van der Waals surface area contributed by atoms with Gasteiger partial charge in [-0.3, -0.25) is 4.90 Å². The number of nitrogens with zero attached hydrogens (tertiary/aromatic N) is 1. The van der Waals surface area contributed by atoms with E-state index in [9.17, 15) is 8.42 Å². The molecule has 0 aromatic heterocycles. The molecule has 2 aliphatic rings. The maximum atomic E-state index is 12.0. The molecule has 0 bridgehead atoms. The van der Waals surface area contributed by atoms with Crippen molar-refractivity contribution in [2.75, 3.05) is 25.4 Å². The fourth-order valence-electron chi connectivity index (χ4n) is 2.43. The molecule has 1 heterocycles. The van der Waals surface area contributed by atoms with Crippen LogP contribution in [0.4, 0.5) is 0 Å². The second-order valence-electron chi connectivity index (χ2n) is 6.60. The first-order valence-corrected chi connectivity index (χ1v) is 8.64. The number of hydrogen-bond donors (Lipinski definition) is 1. The van der Waals surface area contributed by atoms with Crippen LogP contribution in [0.15, 0.2) is 0 Å². The Kier molecular flexibility index (Phi) is 4.04. The Morgan fingerprint density at radius 1 is 1.22 bits per heavy atom. The molecule has 1 aliphatic carbocycles. The van der Waals surface area contributed by atoms with E-state index in [-0.39, 0.29) is 5.75 Å². The Balaban J connectivity index is 1.70. The monoisotopic (exact) mass is 274 g/mol. The maximum absolute atomic E-state index is 12.0. The van der Waals surface area contributed by atoms with Crippen molar-refractivity contribution >= 4 is 9.84 Å². The standard InChI is InChI=1S/C13H26N2O2S/c1-13(2,3)18(16,17)9-7-14-11-6-8-15(10-11)12-4-5-12/h11-12,14H,4-10H2,1-3H3. The molecule has 2 fully saturated rings. The first-order valence-electron chi connectivity index (χ1n) is 6.99. The van der Waals surface area contributed by atoms with Crippen LogP contribution in [0, 0.1) is 0 Å². The zero-order chi connectivity index (χ0) is 13.4. The minimum atomic E-state index is -2.98. The summed E-state index contributed by atoms with van der Waals surface area (Å²) in [5, 5.41) is 3.40. The lowest BCUT2D eigenvalue weighted by atomic mass is 10.3. The van der Waals surface area contributed by atoms with Gasteiger partial charge >= 0.3 is 0 Å². The van der Waals surface area contributed by atoms with Gasteiger partial charge in [0.2, 0.25) is 0 Å². The lowest BCUT2D eigenvalue weighted by Crippen LogP contribution is -2.39. The first kappa shape index (κ1) is 14.3. The molecular formula is C13H26N2O2S. The van der Waals surface area contributed by atoms with E-state index >= 15 is 0 Å². The summed E-state index contributed by atoms with van der Waals surface area (Å²) >= 11 is 0. The number of likely N-dealkylation sites (tertiary alicyclic amines) is 1. The van der Waals surface area contributed by atoms with E-state index in [1.54, 1.807) is 20.8 Å². The minimum Gasteiger partial charge on any atom is -0.312 e. The molecule has 0 spiro atoms. The molecule has 18 heavy (non-hydrogen) atoms. The second-order valence-corrected chi connectivity index (χ2v) is 9.46. The maximum Gasteiger partial charge on any atom is 0.156 e. The van der Waals surface area contributed by atoms with Crippen LogP contribution in [0.1, 0.15) is 40.0 Å². The van der Waals surface area contributed by atoms with Gasteiger partial charge in [0.25, 0.3) is 0 Å². The molecule has 1 aliphatic heterocycles. The normalized spacial score (nSPS) is 26.7.